The van der Waals surface area contributed by atoms with Gasteiger partial charge in [-0.25, -0.2) is 4.79 Å². The van der Waals surface area contributed by atoms with E-state index in [1.54, 1.807) is 42.5 Å². The lowest BCUT2D eigenvalue weighted by Gasteiger charge is -2.26. The number of nitrogens with zero attached hydrogens (tertiary/aromatic N) is 1. The molecule has 1 saturated heterocycles. The number of urea groups is 1. The van der Waals surface area contributed by atoms with Crippen LogP contribution in [0, 0.1) is 3.57 Å². The third kappa shape index (κ3) is 7.54. The first kappa shape index (κ1) is 31.2. The Balaban J connectivity index is 1.58. The van der Waals surface area contributed by atoms with Gasteiger partial charge in [-0.3, -0.25) is 19.8 Å². The SMILES string of the molecule is CCCOc1ccc(CN2C(=O)NC(=O)/C(=C\c3cc(I)c(OCc4ccc(Cl)cc4)c(OCC)c3)C2=O)cc1OC. The van der Waals surface area contributed by atoms with Gasteiger partial charge in [0, 0.05) is 5.02 Å². The zero-order chi connectivity index (χ0) is 30.2. The number of rotatable bonds is 12. The summed E-state index contributed by atoms with van der Waals surface area (Å²) in [6.45, 7) is 4.97. The highest BCUT2D eigenvalue weighted by Gasteiger charge is 2.36. The Morgan fingerprint density at radius 2 is 1.64 bits per heavy atom. The predicted octanol–water partition coefficient (Wildman–Crippen LogP) is 6.38. The highest BCUT2D eigenvalue weighted by molar-refractivity contribution is 14.1. The largest absolute Gasteiger partial charge is 0.493 e. The molecule has 0 saturated carbocycles. The zero-order valence-corrected chi connectivity index (χ0v) is 26.3. The monoisotopic (exact) mass is 704 g/mol. The first-order chi connectivity index (χ1) is 20.2. The van der Waals surface area contributed by atoms with Crippen LogP contribution in [0.25, 0.3) is 6.08 Å². The second kappa shape index (κ2) is 14.4. The summed E-state index contributed by atoms with van der Waals surface area (Å²) in [5.41, 5.74) is 1.91. The zero-order valence-electron chi connectivity index (χ0n) is 23.4. The molecule has 1 aliphatic rings. The number of hydrogen-bond acceptors (Lipinski definition) is 7. The smallest absolute Gasteiger partial charge is 0.331 e. The molecular weight excluding hydrogens is 675 g/mol. The van der Waals surface area contributed by atoms with E-state index in [9.17, 15) is 14.4 Å². The molecule has 1 N–H and O–H groups in total. The Morgan fingerprint density at radius 1 is 0.905 bits per heavy atom. The van der Waals surface area contributed by atoms with Crippen molar-refractivity contribution in [1.29, 1.82) is 0 Å². The molecule has 1 fully saturated rings. The number of carbonyl (C=O) groups excluding carboxylic acids is 3. The van der Waals surface area contributed by atoms with Gasteiger partial charge in [0.15, 0.2) is 23.0 Å². The van der Waals surface area contributed by atoms with Gasteiger partial charge in [-0.2, -0.15) is 0 Å². The lowest BCUT2D eigenvalue weighted by molar-refractivity contribution is -0.130. The number of imide groups is 2. The molecule has 4 rings (SSSR count). The standard InChI is InChI=1S/C31H30ClIN2O7/c1-4-12-41-25-11-8-20(15-26(25)39-3)17-35-30(37)23(29(36)34-31(35)38)13-21-14-24(33)28(27(16-21)40-5-2)42-18-19-6-9-22(32)10-7-19/h6-11,13-16H,4-5,12,17-18H2,1-3H3,(H,34,36,38)/b23-13+. The molecule has 0 spiro atoms. The maximum absolute atomic E-state index is 13.4. The summed E-state index contributed by atoms with van der Waals surface area (Å²) in [7, 11) is 1.52. The maximum atomic E-state index is 13.4. The third-order valence-corrected chi connectivity index (χ3v) is 7.21. The second-order valence-electron chi connectivity index (χ2n) is 9.22. The molecule has 0 aromatic heterocycles. The van der Waals surface area contributed by atoms with Crippen LogP contribution in [0.15, 0.2) is 60.2 Å². The lowest BCUT2D eigenvalue weighted by Crippen LogP contribution is -2.53. The third-order valence-electron chi connectivity index (χ3n) is 6.16. The summed E-state index contributed by atoms with van der Waals surface area (Å²) in [5.74, 6) is 0.538. The molecule has 3 aromatic rings. The molecule has 1 aliphatic heterocycles. The molecule has 0 atom stereocenters. The van der Waals surface area contributed by atoms with Gasteiger partial charge in [-0.15, -0.1) is 0 Å². The van der Waals surface area contributed by atoms with Crippen LogP contribution in [-0.2, 0) is 22.7 Å². The van der Waals surface area contributed by atoms with Crippen molar-refractivity contribution >= 4 is 58.1 Å². The van der Waals surface area contributed by atoms with Crippen molar-refractivity contribution in [2.45, 2.75) is 33.4 Å². The van der Waals surface area contributed by atoms with Crippen LogP contribution in [0.5, 0.6) is 23.0 Å². The number of carbonyl (C=O) groups is 3. The molecular formula is C31H30ClIN2O7. The minimum atomic E-state index is -0.803. The summed E-state index contributed by atoms with van der Waals surface area (Å²) in [6.07, 6.45) is 2.27. The molecule has 0 unspecified atom stereocenters. The van der Waals surface area contributed by atoms with Gasteiger partial charge in [-0.1, -0.05) is 36.7 Å². The topological polar surface area (TPSA) is 103 Å². The van der Waals surface area contributed by atoms with Crippen LogP contribution in [0.4, 0.5) is 4.79 Å². The van der Waals surface area contributed by atoms with Crippen LogP contribution in [0.1, 0.15) is 37.0 Å². The summed E-state index contributed by atoms with van der Waals surface area (Å²) in [4.78, 5) is 39.8. The van der Waals surface area contributed by atoms with Gasteiger partial charge in [-0.05, 0) is 95.1 Å². The molecule has 3 aromatic carbocycles. The summed E-state index contributed by atoms with van der Waals surface area (Å²) < 4.78 is 23.7. The number of ether oxygens (including phenoxy) is 4. The van der Waals surface area contributed by atoms with Crippen molar-refractivity contribution in [2.75, 3.05) is 20.3 Å². The van der Waals surface area contributed by atoms with E-state index in [1.165, 1.54) is 13.2 Å². The molecule has 0 bridgehead atoms. The first-order valence-corrected chi connectivity index (χ1v) is 14.7. The number of barbiturate groups is 1. The van der Waals surface area contributed by atoms with E-state index in [4.69, 9.17) is 30.5 Å². The molecule has 0 radical (unpaired) electrons. The fraction of sp³-hybridized carbons (Fsp3) is 0.258. The number of halogens is 2. The molecule has 4 amide bonds. The van der Waals surface area contributed by atoms with Crippen molar-refractivity contribution in [3.63, 3.8) is 0 Å². The van der Waals surface area contributed by atoms with Crippen LogP contribution >= 0.6 is 34.2 Å². The van der Waals surface area contributed by atoms with Crippen molar-refractivity contribution < 1.29 is 33.3 Å². The first-order valence-electron chi connectivity index (χ1n) is 13.3. The van der Waals surface area contributed by atoms with Gasteiger partial charge in [0.2, 0.25) is 0 Å². The lowest BCUT2D eigenvalue weighted by atomic mass is 10.1. The van der Waals surface area contributed by atoms with E-state index in [2.05, 4.69) is 27.9 Å². The minimum absolute atomic E-state index is 0.0705. The van der Waals surface area contributed by atoms with Gasteiger partial charge in [0.1, 0.15) is 12.2 Å². The molecule has 220 valence electrons. The van der Waals surface area contributed by atoms with Gasteiger partial charge in [0.05, 0.1) is 30.4 Å². The minimum Gasteiger partial charge on any atom is -0.493 e. The van der Waals surface area contributed by atoms with Crippen molar-refractivity contribution in [1.82, 2.24) is 10.2 Å². The number of nitrogens with one attached hydrogen (secondary N) is 1. The van der Waals surface area contributed by atoms with E-state index in [-0.39, 0.29) is 12.1 Å². The summed E-state index contributed by atoms with van der Waals surface area (Å²) in [5, 5.41) is 2.90. The fourth-order valence-corrected chi connectivity index (χ4v) is 5.05. The van der Waals surface area contributed by atoms with E-state index < -0.39 is 17.8 Å². The van der Waals surface area contributed by atoms with E-state index in [0.29, 0.717) is 62.5 Å². The number of hydrogen-bond donors (Lipinski definition) is 1. The highest BCUT2D eigenvalue weighted by Crippen LogP contribution is 2.36. The van der Waals surface area contributed by atoms with Gasteiger partial charge >= 0.3 is 6.03 Å². The highest BCUT2D eigenvalue weighted by atomic mass is 127. The Morgan fingerprint density at radius 3 is 2.33 bits per heavy atom. The normalized spacial score (nSPS) is 14.2. The molecule has 11 heteroatoms. The van der Waals surface area contributed by atoms with Gasteiger partial charge in [0.25, 0.3) is 11.8 Å². The van der Waals surface area contributed by atoms with Crippen LogP contribution in [0.2, 0.25) is 5.02 Å². The Kier molecular flexibility index (Phi) is 10.7. The molecule has 42 heavy (non-hydrogen) atoms. The average molecular weight is 705 g/mol. The predicted molar refractivity (Wildman–Crippen MR) is 167 cm³/mol. The van der Waals surface area contributed by atoms with E-state index >= 15 is 0 Å². The maximum Gasteiger partial charge on any atom is 0.331 e. The van der Waals surface area contributed by atoms with Crippen molar-refractivity contribution in [3.05, 3.63) is 85.5 Å². The van der Waals surface area contributed by atoms with Crippen LogP contribution < -0.4 is 24.3 Å². The summed E-state index contributed by atoms with van der Waals surface area (Å²) >= 11 is 8.09. The molecule has 9 nitrogen and oxygen atoms in total. The van der Waals surface area contributed by atoms with E-state index in [0.717, 1.165) is 16.9 Å². The Bertz CT molecular complexity index is 1510. The van der Waals surface area contributed by atoms with E-state index in [1.807, 2.05) is 26.0 Å². The summed E-state index contributed by atoms with van der Waals surface area (Å²) in [6, 6.07) is 15.2. The average Bonchev–Trinajstić information content (AvgIpc) is 2.97. The molecule has 0 aliphatic carbocycles. The fourth-order valence-electron chi connectivity index (χ4n) is 4.14. The second-order valence-corrected chi connectivity index (χ2v) is 10.8. The Labute approximate surface area is 262 Å². The quantitative estimate of drug-likeness (QED) is 0.133. The number of methoxy groups -OCH3 is 1. The number of amides is 4. The number of benzene rings is 3. The van der Waals surface area contributed by atoms with Crippen molar-refractivity contribution in [3.8, 4) is 23.0 Å². The Hall–Kier alpha value is -3.77. The van der Waals surface area contributed by atoms with Crippen LogP contribution in [0.3, 0.4) is 0 Å². The van der Waals surface area contributed by atoms with Crippen molar-refractivity contribution in [2.24, 2.45) is 0 Å². The van der Waals surface area contributed by atoms with Crippen LogP contribution in [-0.4, -0.2) is 43.1 Å². The van der Waals surface area contributed by atoms with Gasteiger partial charge < -0.3 is 18.9 Å². The molecule has 1 heterocycles.